The van der Waals surface area contributed by atoms with Gasteiger partial charge in [-0.1, -0.05) is 66.7 Å². The molecule has 0 bridgehead atoms. The zero-order valence-corrected chi connectivity index (χ0v) is 20.2. The molecule has 35 heavy (non-hydrogen) atoms. The maximum atomic E-state index is 12.9. The van der Waals surface area contributed by atoms with Crippen LogP contribution in [0.2, 0.25) is 0 Å². The highest BCUT2D eigenvalue weighted by Crippen LogP contribution is 2.39. The van der Waals surface area contributed by atoms with E-state index >= 15 is 0 Å². The summed E-state index contributed by atoms with van der Waals surface area (Å²) in [5.74, 6) is 1.37. The smallest absolute Gasteiger partial charge is 0.224 e. The van der Waals surface area contributed by atoms with Crippen molar-refractivity contribution in [2.45, 2.75) is 19.5 Å². The van der Waals surface area contributed by atoms with E-state index in [9.17, 15) is 4.79 Å². The van der Waals surface area contributed by atoms with E-state index in [1.165, 1.54) is 0 Å². The molecule has 0 aliphatic carbocycles. The molecule has 1 amide bonds. The van der Waals surface area contributed by atoms with Gasteiger partial charge in [-0.05, 0) is 11.6 Å². The SMILES string of the molecule is COc1ccc(CC(=O)NCc2cn(Cc3ccccc3)nc2-c2ccccc2)c(OC)c1OC. The Morgan fingerprint density at radius 2 is 1.51 bits per heavy atom. The number of methoxy groups -OCH3 is 3. The number of carbonyl (C=O) groups is 1. The molecule has 0 saturated carbocycles. The molecule has 180 valence electrons. The summed E-state index contributed by atoms with van der Waals surface area (Å²) in [6.45, 7) is 1.00. The van der Waals surface area contributed by atoms with Gasteiger partial charge in [-0.2, -0.15) is 5.10 Å². The Morgan fingerprint density at radius 3 is 2.17 bits per heavy atom. The summed E-state index contributed by atoms with van der Waals surface area (Å²) in [4.78, 5) is 12.9. The van der Waals surface area contributed by atoms with Gasteiger partial charge in [0, 0.05) is 29.4 Å². The minimum atomic E-state index is -0.134. The van der Waals surface area contributed by atoms with Gasteiger partial charge in [0.05, 0.1) is 40.0 Å². The second-order valence-electron chi connectivity index (χ2n) is 8.00. The molecule has 4 rings (SSSR count). The first-order valence-corrected chi connectivity index (χ1v) is 11.3. The minimum absolute atomic E-state index is 0.134. The number of aromatic nitrogens is 2. The maximum absolute atomic E-state index is 12.9. The van der Waals surface area contributed by atoms with Gasteiger partial charge in [0.25, 0.3) is 0 Å². The van der Waals surface area contributed by atoms with Crippen LogP contribution >= 0.6 is 0 Å². The fourth-order valence-corrected chi connectivity index (χ4v) is 4.01. The molecule has 0 saturated heterocycles. The van der Waals surface area contributed by atoms with E-state index in [0.29, 0.717) is 35.9 Å². The van der Waals surface area contributed by atoms with Crippen molar-refractivity contribution in [1.29, 1.82) is 0 Å². The highest BCUT2D eigenvalue weighted by Gasteiger charge is 2.18. The Balaban J connectivity index is 1.52. The number of carbonyl (C=O) groups excluding carboxylic acids is 1. The normalized spacial score (nSPS) is 10.6. The zero-order chi connectivity index (χ0) is 24.6. The van der Waals surface area contributed by atoms with Crippen molar-refractivity contribution in [2.24, 2.45) is 0 Å². The summed E-state index contributed by atoms with van der Waals surface area (Å²) in [5.41, 5.74) is 4.67. The van der Waals surface area contributed by atoms with Gasteiger partial charge in [-0.15, -0.1) is 0 Å². The van der Waals surface area contributed by atoms with E-state index in [2.05, 4.69) is 17.4 Å². The van der Waals surface area contributed by atoms with Crippen molar-refractivity contribution in [2.75, 3.05) is 21.3 Å². The van der Waals surface area contributed by atoms with Gasteiger partial charge in [-0.3, -0.25) is 9.48 Å². The van der Waals surface area contributed by atoms with Crippen molar-refractivity contribution in [1.82, 2.24) is 15.1 Å². The van der Waals surface area contributed by atoms with E-state index < -0.39 is 0 Å². The number of benzene rings is 3. The lowest BCUT2D eigenvalue weighted by Gasteiger charge is -2.15. The molecule has 0 spiro atoms. The van der Waals surface area contributed by atoms with E-state index in [4.69, 9.17) is 19.3 Å². The van der Waals surface area contributed by atoms with Crippen molar-refractivity contribution >= 4 is 5.91 Å². The van der Waals surface area contributed by atoms with E-state index in [1.54, 1.807) is 27.4 Å². The van der Waals surface area contributed by atoms with Crippen molar-refractivity contribution < 1.29 is 19.0 Å². The molecule has 0 atom stereocenters. The summed E-state index contributed by atoms with van der Waals surface area (Å²) < 4.78 is 18.2. The third-order valence-corrected chi connectivity index (χ3v) is 5.68. The van der Waals surface area contributed by atoms with Crippen LogP contribution in [0.4, 0.5) is 0 Å². The van der Waals surface area contributed by atoms with Crippen LogP contribution in [0.3, 0.4) is 0 Å². The van der Waals surface area contributed by atoms with Gasteiger partial charge in [0.1, 0.15) is 0 Å². The summed E-state index contributed by atoms with van der Waals surface area (Å²) in [6.07, 6.45) is 2.13. The van der Waals surface area contributed by atoms with Gasteiger partial charge >= 0.3 is 0 Å². The van der Waals surface area contributed by atoms with Crippen LogP contribution in [0, 0.1) is 0 Å². The number of nitrogens with zero attached hydrogens (tertiary/aromatic N) is 2. The minimum Gasteiger partial charge on any atom is -0.493 e. The number of nitrogens with one attached hydrogen (secondary N) is 1. The van der Waals surface area contributed by atoms with E-state index in [1.807, 2.05) is 65.5 Å². The van der Waals surface area contributed by atoms with Crippen molar-refractivity contribution in [3.8, 4) is 28.5 Å². The molecule has 0 aliphatic heterocycles. The maximum Gasteiger partial charge on any atom is 0.224 e. The molecular weight excluding hydrogens is 442 g/mol. The molecule has 1 aromatic heterocycles. The molecule has 4 aromatic rings. The Morgan fingerprint density at radius 1 is 0.829 bits per heavy atom. The lowest BCUT2D eigenvalue weighted by Crippen LogP contribution is -2.25. The number of rotatable bonds is 10. The van der Waals surface area contributed by atoms with Crippen LogP contribution in [0.5, 0.6) is 17.2 Å². The second kappa shape index (κ2) is 11.2. The summed E-state index contributed by atoms with van der Waals surface area (Å²) in [7, 11) is 4.65. The Labute approximate surface area is 205 Å². The molecule has 0 radical (unpaired) electrons. The van der Waals surface area contributed by atoms with E-state index in [0.717, 1.165) is 22.4 Å². The van der Waals surface area contributed by atoms with Crippen LogP contribution in [-0.2, 0) is 24.3 Å². The van der Waals surface area contributed by atoms with Crippen LogP contribution in [-0.4, -0.2) is 37.0 Å². The largest absolute Gasteiger partial charge is 0.493 e. The monoisotopic (exact) mass is 471 g/mol. The lowest BCUT2D eigenvalue weighted by atomic mass is 10.1. The van der Waals surface area contributed by atoms with Crippen LogP contribution < -0.4 is 19.5 Å². The Hall–Kier alpha value is -4.26. The first-order chi connectivity index (χ1) is 17.1. The van der Waals surface area contributed by atoms with Crippen LogP contribution in [0.15, 0.2) is 79.0 Å². The second-order valence-corrected chi connectivity index (χ2v) is 8.00. The highest BCUT2D eigenvalue weighted by atomic mass is 16.5. The molecule has 7 nitrogen and oxygen atoms in total. The number of hydrogen-bond acceptors (Lipinski definition) is 5. The highest BCUT2D eigenvalue weighted by molar-refractivity contribution is 5.80. The van der Waals surface area contributed by atoms with Gasteiger partial charge in [0.15, 0.2) is 11.5 Å². The van der Waals surface area contributed by atoms with Gasteiger partial charge < -0.3 is 19.5 Å². The Kier molecular flexibility index (Phi) is 7.67. The lowest BCUT2D eigenvalue weighted by molar-refractivity contribution is -0.120. The molecule has 0 fully saturated rings. The third-order valence-electron chi connectivity index (χ3n) is 5.68. The fourth-order valence-electron chi connectivity index (χ4n) is 4.01. The molecule has 1 N–H and O–H groups in total. The first-order valence-electron chi connectivity index (χ1n) is 11.3. The number of hydrogen-bond donors (Lipinski definition) is 1. The molecule has 1 heterocycles. The third kappa shape index (κ3) is 5.63. The fraction of sp³-hybridized carbons (Fsp3) is 0.214. The summed E-state index contributed by atoms with van der Waals surface area (Å²) in [6, 6.07) is 23.7. The molecule has 0 aliphatic rings. The van der Waals surface area contributed by atoms with Crippen molar-refractivity contribution in [3.63, 3.8) is 0 Å². The zero-order valence-electron chi connectivity index (χ0n) is 20.2. The van der Waals surface area contributed by atoms with Crippen molar-refractivity contribution in [3.05, 3.63) is 95.7 Å². The molecule has 7 heteroatoms. The Bertz CT molecular complexity index is 1270. The number of amides is 1. The predicted octanol–water partition coefficient (Wildman–Crippen LogP) is 4.48. The van der Waals surface area contributed by atoms with Crippen LogP contribution in [0.1, 0.15) is 16.7 Å². The van der Waals surface area contributed by atoms with Gasteiger partial charge in [-0.25, -0.2) is 0 Å². The number of ether oxygens (including phenoxy) is 3. The summed E-state index contributed by atoms with van der Waals surface area (Å²) in [5, 5.41) is 7.85. The quantitative estimate of drug-likeness (QED) is 0.369. The first kappa shape index (κ1) is 23.9. The average Bonchev–Trinajstić information content (AvgIpc) is 3.30. The molecule has 0 unspecified atom stereocenters. The van der Waals surface area contributed by atoms with Gasteiger partial charge in [0.2, 0.25) is 11.7 Å². The summed E-state index contributed by atoms with van der Waals surface area (Å²) >= 11 is 0. The van der Waals surface area contributed by atoms with Crippen LogP contribution in [0.25, 0.3) is 11.3 Å². The topological polar surface area (TPSA) is 74.6 Å². The predicted molar refractivity (Wildman–Crippen MR) is 135 cm³/mol. The van der Waals surface area contributed by atoms with E-state index in [-0.39, 0.29) is 12.3 Å². The molecule has 3 aromatic carbocycles. The molecular formula is C28H29N3O4. The average molecular weight is 472 g/mol. The standard InChI is InChI=1S/C28H29N3O4/c1-33-24-15-14-22(27(34-2)28(24)35-3)16-25(32)29-17-23-19-31(18-20-10-6-4-7-11-20)30-26(23)21-12-8-5-9-13-21/h4-15,19H,16-18H2,1-3H3,(H,29,32).